The highest BCUT2D eigenvalue weighted by Crippen LogP contribution is 2.35. The molecule has 1 atom stereocenters. The molecule has 3 heteroatoms. The lowest BCUT2D eigenvalue weighted by Gasteiger charge is -2.31. The lowest BCUT2D eigenvalue weighted by molar-refractivity contribution is 0.438. The van der Waals surface area contributed by atoms with Crippen LogP contribution in [0.15, 0.2) is 18.2 Å². The van der Waals surface area contributed by atoms with E-state index in [2.05, 4.69) is 16.3 Å². The second-order valence-corrected chi connectivity index (χ2v) is 4.93. The van der Waals surface area contributed by atoms with Crippen molar-refractivity contribution in [2.24, 2.45) is 5.92 Å². The standard InChI is InChI=1S/C12H15ClN2/c13-10-3-4-12-11(6-10)14-7-9-2-1-5-15(12)8-9/h3-4,6,9,14H,1-2,5,7-8H2. The number of benzene rings is 1. The van der Waals surface area contributed by atoms with Gasteiger partial charge in [-0.1, -0.05) is 11.6 Å². The topological polar surface area (TPSA) is 15.3 Å². The predicted molar refractivity (Wildman–Crippen MR) is 64.9 cm³/mol. The van der Waals surface area contributed by atoms with Crippen molar-refractivity contribution in [2.45, 2.75) is 12.8 Å². The highest BCUT2D eigenvalue weighted by molar-refractivity contribution is 6.31. The smallest absolute Gasteiger partial charge is 0.0603 e. The minimum atomic E-state index is 0.796. The quantitative estimate of drug-likeness (QED) is 0.726. The minimum absolute atomic E-state index is 0.796. The summed E-state index contributed by atoms with van der Waals surface area (Å²) >= 11 is 6.01. The Bertz CT molecular complexity index is 378. The van der Waals surface area contributed by atoms with E-state index in [0.29, 0.717) is 0 Å². The van der Waals surface area contributed by atoms with Gasteiger partial charge in [0, 0.05) is 24.7 Å². The molecule has 2 aliphatic rings. The van der Waals surface area contributed by atoms with E-state index in [-0.39, 0.29) is 0 Å². The molecular weight excluding hydrogens is 208 g/mol. The maximum atomic E-state index is 6.01. The Morgan fingerprint density at radius 1 is 1.40 bits per heavy atom. The number of nitrogens with zero attached hydrogens (tertiary/aromatic N) is 1. The molecule has 2 heterocycles. The third-order valence-corrected chi connectivity index (χ3v) is 3.63. The molecule has 0 spiro atoms. The molecule has 1 aromatic carbocycles. The Labute approximate surface area is 95.2 Å². The fraction of sp³-hybridized carbons (Fsp3) is 0.500. The van der Waals surface area contributed by atoms with Crippen LogP contribution in [0.2, 0.25) is 5.02 Å². The zero-order valence-electron chi connectivity index (χ0n) is 8.67. The first kappa shape index (κ1) is 9.34. The highest BCUT2D eigenvalue weighted by atomic mass is 35.5. The molecule has 2 bridgehead atoms. The van der Waals surface area contributed by atoms with Gasteiger partial charge in [0.15, 0.2) is 0 Å². The van der Waals surface area contributed by atoms with Crippen molar-refractivity contribution in [1.82, 2.24) is 0 Å². The summed E-state index contributed by atoms with van der Waals surface area (Å²) < 4.78 is 0. The van der Waals surface area contributed by atoms with Crippen molar-refractivity contribution in [1.29, 1.82) is 0 Å². The van der Waals surface area contributed by atoms with Crippen LogP contribution in [-0.2, 0) is 0 Å². The first-order chi connectivity index (χ1) is 7.33. The van der Waals surface area contributed by atoms with Gasteiger partial charge in [0.1, 0.15) is 0 Å². The number of fused-ring (bicyclic) bond motifs is 4. The predicted octanol–water partition coefficient (Wildman–Crippen LogP) is 2.98. The molecule has 0 aliphatic carbocycles. The van der Waals surface area contributed by atoms with E-state index in [1.807, 2.05) is 12.1 Å². The van der Waals surface area contributed by atoms with E-state index in [9.17, 15) is 0 Å². The normalized spacial score (nSPS) is 24.1. The fourth-order valence-electron chi connectivity index (χ4n) is 2.63. The number of nitrogens with one attached hydrogen (secondary N) is 1. The van der Waals surface area contributed by atoms with E-state index in [4.69, 9.17) is 11.6 Å². The van der Waals surface area contributed by atoms with Crippen LogP contribution >= 0.6 is 11.6 Å². The average Bonchev–Trinajstić information content (AvgIpc) is 2.37. The van der Waals surface area contributed by atoms with Gasteiger partial charge in [0.25, 0.3) is 0 Å². The van der Waals surface area contributed by atoms with E-state index in [1.165, 1.54) is 37.3 Å². The van der Waals surface area contributed by atoms with Gasteiger partial charge in [-0.2, -0.15) is 0 Å². The van der Waals surface area contributed by atoms with Crippen molar-refractivity contribution >= 4 is 23.0 Å². The Morgan fingerprint density at radius 3 is 3.27 bits per heavy atom. The fourth-order valence-corrected chi connectivity index (χ4v) is 2.80. The van der Waals surface area contributed by atoms with E-state index in [1.54, 1.807) is 0 Å². The zero-order valence-corrected chi connectivity index (χ0v) is 9.43. The zero-order chi connectivity index (χ0) is 10.3. The van der Waals surface area contributed by atoms with E-state index < -0.39 is 0 Å². The van der Waals surface area contributed by atoms with Gasteiger partial charge >= 0.3 is 0 Å². The maximum Gasteiger partial charge on any atom is 0.0603 e. The van der Waals surface area contributed by atoms with Crippen molar-refractivity contribution in [3.63, 3.8) is 0 Å². The van der Waals surface area contributed by atoms with Gasteiger partial charge in [-0.25, -0.2) is 0 Å². The highest BCUT2D eigenvalue weighted by Gasteiger charge is 2.25. The maximum absolute atomic E-state index is 6.01. The molecule has 2 aliphatic heterocycles. The van der Waals surface area contributed by atoms with Crippen molar-refractivity contribution in [3.8, 4) is 0 Å². The Kier molecular flexibility index (Phi) is 2.24. The van der Waals surface area contributed by atoms with Crippen molar-refractivity contribution < 1.29 is 0 Å². The van der Waals surface area contributed by atoms with Crippen LogP contribution in [0, 0.1) is 5.92 Å². The van der Waals surface area contributed by atoms with Crippen LogP contribution in [0.3, 0.4) is 0 Å². The van der Waals surface area contributed by atoms with Crippen LogP contribution in [-0.4, -0.2) is 19.6 Å². The summed E-state index contributed by atoms with van der Waals surface area (Å²) in [6, 6.07) is 6.16. The molecule has 1 unspecified atom stereocenters. The molecule has 1 saturated heterocycles. The number of hydrogen-bond acceptors (Lipinski definition) is 2. The van der Waals surface area contributed by atoms with Gasteiger partial charge in [-0.05, 0) is 37.0 Å². The molecule has 0 aromatic heterocycles. The van der Waals surface area contributed by atoms with Crippen LogP contribution in [0.1, 0.15) is 12.8 Å². The largest absolute Gasteiger partial charge is 0.383 e. The first-order valence-electron chi connectivity index (χ1n) is 5.61. The van der Waals surface area contributed by atoms with E-state index in [0.717, 1.165) is 17.5 Å². The number of anilines is 2. The summed E-state index contributed by atoms with van der Waals surface area (Å²) in [5.74, 6) is 0.796. The third kappa shape index (κ3) is 1.67. The summed E-state index contributed by atoms with van der Waals surface area (Å²) in [5.41, 5.74) is 2.52. The first-order valence-corrected chi connectivity index (χ1v) is 5.99. The molecule has 1 aromatic rings. The molecule has 2 nitrogen and oxygen atoms in total. The molecule has 15 heavy (non-hydrogen) atoms. The third-order valence-electron chi connectivity index (χ3n) is 3.40. The average molecular weight is 223 g/mol. The summed E-state index contributed by atoms with van der Waals surface area (Å²) in [4.78, 5) is 2.49. The van der Waals surface area contributed by atoms with Crippen molar-refractivity contribution in [3.05, 3.63) is 23.2 Å². The Morgan fingerprint density at radius 2 is 2.33 bits per heavy atom. The van der Waals surface area contributed by atoms with Crippen LogP contribution < -0.4 is 10.2 Å². The summed E-state index contributed by atoms with van der Waals surface area (Å²) in [6.45, 7) is 3.47. The van der Waals surface area contributed by atoms with Gasteiger partial charge in [-0.3, -0.25) is 0 Å². The molecule has 3 rings (SSSR count). The summed E-state index contributed by atoms with van der Waals surface area (Å²) in [7, 11) is 0. The summed E-state index contributed by atoms with van der Waals surface area (Å²) in [5, 5.41) is 4.33. The molecule has 80 valence electrons. The van der Waals surface area contributed by atoms with Gasteiger partial charge in [0.2, 0.25) is 0 Å². The minimum Gasteiger partial charge on any atom is -0.383 e. The number of halogens is 1. The van der Waals surface area contributed by atoms with Crippen molar-refractivity contribution in [2.75, 3.05) is 29.9 Å². The lowest BCUT2D eigenvalue weighted by atomic mass is 9.99. The van der Waals surface area contributed by atoms with Gasteiger partial charge < -0.3 is 10.2 Å². The molecule has 1 N–H and O–H groups in total. The second-order valence-electron chi connectivity index (χ2n) is 4.50. The number of piperidine rings is 1. The molecule has 0 saturated carbocycles. The van der Waals surface area contributed by atoms with Gasteiger partial charge in [-0.15, -0.1) is 0 Å². The van der Waals surface area contributed by atoms with E-state index >= 15 is 0 Å². The number of rotatable bonds is 0. The SMILES string of the molecule is Clc1ccc2c(c1)NCC1CCCN2C1. The van der Waals surface area contributed by atoms with Crippen LogP contribution in [0.25, 0.3) is 0 Å². The Hall–Kier alpha value is -0.890. The molecular formula is C12H15ClN2. The molecule has 1 fully saturated rings. The number of hydrogen-bond donors (Lipinski definition) is 1. The second kappa shape index (κ2) is 3.60. The Balaban J connectivity index is 2.02. The summed E-state index contributed by atoms with van der Waals surface area (Å²) in [6.07, 6.45) is 2.67. The van der Waals surface area contributed by atoms with Crippen LogP contribution in [0.4, 0.5) is 11.4 Å². The van der Waals surface area contributed by atoms with Gasteiger partial charge in [0.05, 0.1) is 11.4 Å². The molecule has 0 radical (unpaired) electrons. The van der Waals surface area contributed by atoms with Crippen LogP contribution in [0.5, 0.6) is 0 Å². The molecule has 0 amide bonds. The monoisotopic (exact) mass is 222 g/mol. The lowest BCUT2D eigenvalue weighted by Crippen LogP contribution is -2.35.